The maximum absolute atomic E-state index is 12.2. The molecule has 2 rings (SSSR count). The topological polar surface area (TPSA) is 70.7 Å². The van der Waals surface area contributed by atoms with Gasteiger partial charge < -0.3 is 5.32 Å². The number of aromatic amines is 1. The minimum Gasteiger partial charge on any atom is -0.307 e. The Balaban J connectivity index is 2.02. The van der Waals surface area contributed by atoms with E-state index in [1.54, 1.807) is 0 Å². The van der Waals surface area contributed by atoms with Crippen LogP contribution >= 0.6 is 0 Å². The summed E-state index contributed by atoms with van der Waals surface area (Å²) in [7, 11) is 0. The highest BCUT2D eigenvalue weighted by Gasteiger charge is 2.31. The molecule has 0 aromatic carbocycles. The lowest BCUT2D eigenvalue weighted by atomic mass is 10.1. The minimum atomic E-state index is -4.36. The van der Waals surface area contributed by atoms with Crippen LogP contribution in [0.3, 0.4) is 0 Å². The van der Waals surface area contributed by atoms with Crippen molar-refractivity contribution in [2.45, 2.75) is 44.3 Å². The van der Waals surface area contributed by atoms with Gasteiger partial charge in [0.2, 0.25) is 11.6 Å². The van der Waals surface area contributed by atoms with Crippen molar-refractivity contribution in [3.8, 4) is 0 Å². The van der Waals surface area contributed by atoms with E-state index in [-0.39, 0.29) is 17.4 Å². The summed E-state index contributed by atoms with van der Waals surface area (Å²) in [5.41, 5.74) is 0. The molecule has 0 radical (unpaired) electrons. The van der Waals surface area contributed by atoms with Gasteiger partial charge in [0.1, 0.15) is 12.2 Å². The molecule has 0 amide bonds. The molecule has 8 heteroatoms. The van der Waals surface area contributed by atoms with Gasteiger partial charge in [0.25, 0.3) is 0 Å². The number of rotatable bonds is 3. The fourth-order valence-corrected chi connectivity index (χ4v) is 2.08. The van der Waals surface area contributed by atoms with E-state index in [4.69, 9.17) is 0 Å². The fraction of sp³-hybridized carbons (Fsp3) is 0.727. The van der Waals surface area contributed by atoms with Crippen molar-refractivity contribution < 1.29 is 18.0 Å². The number of hydrogen-bond acceptors (Lipinski definition) is 4. The fourth-order valence-electron chi connectivity index (χ4n) is 2.08. The first-order chi connectivity index (χ1) is 8.96. The second-order valence-electron chi connectivity index (χ2n) is 4.62. The van der Waals surface area contributed by atoms with Gasteiger partial charge in [0.15, 0.2) is 0 Å². The largest absolute Gasteiger partial charge is 0.396 e. The lowest BCUT2D eigenvalue weighted by Crippen LogP contribution is -2.36. The molecule has 1 atom stereocenters. The van der Waals surface area contributed by atoms with Crippen molar-refractivity contribution in [3.05, 3.63) is 11.6 Å². The predicted molar refractivity (Wildman–Crippen MR) is 60.7 cm³/mol. The summed E-state index contributed by atoms with van der Waals surface area (Å²) in [4.78, 5) is 15.7. The Morgan fingerprint density at radius 3 is 2.84 bits per heavy atom. The van der Waals surface area contributed by atoms with Crippen LogP contribution in [0.4, 0.5) is 13.2 Å². The number of carbonyl (C=O) groups is 1. The molecule has 1 aliphatic rings. The number of halogens is 3. The van der Waals surface area contributed by atoms with E-state index in [1.165, 1.54) is 0 Å². The summed E-state index contributed by atoms with van der Waals surface area (Å²) in [6.07, 6.45) is -1.93. The van der Waals surface area contributed by atoms with Crippen LogP contribution in [0.25, 0.3) is 0 Å². The number of ketones is 1. The van der Waals surface area contributed by atoms with Crippen LogP contribution in [-0.2, 0) is 6.42 Å². The van der Waals surface area contributed by atoms with E-state index in [2.05, 4.69) is 20.5 Å². The highest BCUT2D eigenvalue weighted by atomic mass is 19.4. The molecular weight excluding hydrogens is 261 g/mol. The minimum absolute atomic E-state index is 0.168. The van der Waals surface area contributed by atoms with Crippen LogP contribution in [0, 0.1) is 0 Å². The molecule has 1 aliphatic heterocycles. The zero-order valence-corrected chi connectivity index (χ0v) is 10.3. The van der Waals surface area contributed by atoms with Crippen molar-refractivity contribution in [1.29, 1.82) is 0 Å². The highest BCUT2D eigenvalue weighted by Crippen LogP contribution is 2.19. The monoisotopic (exact) mass is 276 g/mol. The predicted octanol–water partition coefficient (Wildman–Crippen LogP) is 1.62. The zero-order valence-electron chi connectivity index (χ0n) is 10.3. The first kappa shape index (κ1) is 14.0. The number of nitrogens with one attached hydrogen (secondary N) is 2. The molecule has 0 spiro atoms. The Bertz CT molecular complexity index is 435. The van der Waals surface area contributed by atoms with Gasteiger partial charge in [-0.25, -0.2) is 4.98 Å². The van der Waals surface area contributed by atoms with Crippen LogP contribution < -0.4 is 5.32 Å². The third-order valence-corrected chi connectivity index (χ3v) is 3.00. The van der Waals surface area contributed by atoms with Gasteiger partial charge in [0, 0.05) is 0 Å². The van der Waals surface area contributed by atoms with Gasteiger partial charge in [-0.05, 0) is 19.4 Å². The van der Waals surface area contributed by atoms with E-state index in [9.17, 15) is 18.0 Å². The van der Waals surface area contributed by atoms with Gasteiger partial charge in [-0.15, -0.1) is 0 Å². The molecule has 2 N–H and O–H groups in total. The Morgan fingerprint density at radius 1 is 1.32 bits per heavy atom. The van der Waals surface area contributed by atoms with E-state index in [0.29, 0.717) is 6.42 Å². The molecule has 19 heavy (non-hydrogen) atoms. The van der Waals surface area contributed by atoms with Crippen molar-refractivity contribution in [3.63, 3.8) is 0 Å². The number of Topliss-reactive ketones (excluding diaryl/α,β-unsaturated/α-hetero) is 1. The molecule has 106 valence electrons. The molecule has 0 saturated carbocycles. The van der Waals surface area contributed by atoms with Crippen molar-refractivity contribution in [1.82, 2.24) is 20.5 Å². The van der Waals surface area contributed by atoms with Gasteiger partial charge >= 0.3 is 6.18 Å². The van der Waals surface area contributed by atoms with E-state index in [1.807, 2.05) is 0 Å². The summed E-state index contributed by atoms with van der Waals surface area (Å²) in [6.45, 7) is 0.732. The van der Waals surface area contributed by atoms with Crippen LogP contribution in [0.1, 0.15) is 42.1 Å². The molecule has 1 aromatic rings. The van der Waals surface area contributed by atoms with Crippen LogP contribution in [-0.4, -0.2) is 39.7 Å². The van der Waals surface area contributed by atoms with E-state index < -0.39 is 18.6 Å². The van der Waals surface area contributed by atoms with Gasteiger partial charge in [-0.2, -0.15) is 18.3 Å². The molecule has 0 aliphatic carbocycles. The molecular formula is C11H15F3N4O. The molecule has 1 saturated heterocycles. The van der Waals surface area contributed by atoms with Crippen LogP contribution in [0.15, 0.2) is 0 Å². The molecule has 1 aromatic heterocycles. The van der Waals surface area contributed by atoms with E-state index >= 15 is 0 Å². The Morgan fingerprint density at radius 2 is 2.11 bits per heavy atom. The quantitative estimate of drug-likeness (QED) is 0.823. The number of hydrogen-bond donors (Lipinski definition) is 2. The van der Waals surface area contributed by atoms with Gasteiger partial charge in [-0.3, -0.25) is 9.89 Å². The van der Waals surface area contributed by atoms with Crippen molar-refractivity contribution >= 4 is 5.78 Å². The maximum atomic E-state index is 12.2. The average Bonchev–Trinajstić information content (AvgIpc) is 2.61. The second-order valence-corrected chi connectivity index (χ2v) is 4.62. The summed E-state index contributed by atoms with van der Waals surface area (Å²) in [5, 5.41) is 8.82. The molecule has 2 heterocycles. The SMILES string of the molecule is O=C(c1n[nH]c(CC(F)(F)F)n1)C1CCCCCN1. The lowest BCUT2D eigenvalue weighted by Gasteiger charge is -2.11. The molecule has 1 fully saturated rings. The first-order valence-electron chi connectivity index (χ1n) is 6.21. The van der Waals surface area contributed by atoms with Gasteiger partial charge in [-0.1, -0.05) is 12.8 Å². The first-order valence-corrected chi connectivity index (χ1v) is 6.21. The number of aromatic nitrogens is 3. The molecule has 0 bridgehead atoms. The summed E-state index contributed by atoms with van der Waals surface area (Å²) in [6, 6.07) is -0.392. The van der Waals surface area contributed by atoms with Crippen LogP contribution in [0.2, 0.25) is 0 Å². The Hall–Kier alpha value is -1.44. The third-order valence-electron chi connectivity index (χ3n) is 3.00. The number of alkyl halides is 3. The number of nitrogens with zero attached hydrogens (tertiary/aromatic N) is 2. The Kier molecular flexibility index (Phi) is 4.18. The van der Waals surface area contributed by atoms with Crippen molar-refractivity contribution in [2.75, 3.05) is 6.54 Å². The number of H-pyrrole nitrogens is 1. The standard InChI is InChI=1S/C11H15F3N4O/c12-11(13,14)6-8-16-10(18-17-8)9(19)7-4-2-1-3-5-15-7/h7,15H,1-6H2,(H,16,17,18). The Labute approximate surface area is 108 Å². The molecule has 5 nitrogen and oxygen atoms in total. The lowest BCUT2D eigenvalue weighted by molar-refractivity contribution is -0.128. The van der Waals surface area contributed by atoms with Gasteiger partial charge in [0.05, 0.1) is 6.04 Å². The average molecular weight is 276 g/mol. The smallest absolute Gasteiger partial charge is 0.307 e. The number of carbonyl (C=O) groups excluding carboxylic acids is 1. The third kappa shape index (κ3) is 4.02. The van der Waals surface area contributed by atoms with Crippen LogP contribution in [0.5, 0.6) is 0 Å². The zero-order chi connectivity index (χ0) is 13.9. The highest BCUT2D eigenvalue weighted by molar-refractivity contribution is 5.96. The van der Waals surface area contributed by atoms with Crippen molar-refractivity contribution in [2.24, 2.45) is 0 Å². The normalized spacial score (nSPS) is 21.1. The maximum Gasteiger partial charge on any atom is 0.396 e. The summed E-state index contributed by atoms with van der Waals surface area (Å²) in [5.74, 6) is -0.838. The molecule has 1 unspecified atom stereocenters. The van der Waals surface area contributed by atoms with E-state index in [0.717, 1.165) is 25.8 Å². The second kappa shape index (κ2) is 5.68. The summed E-state index contributed by atoms with van der Waals surface area (Å²) >= 11 is 0. The summed E-state index contributed by atoms with van der Waals surface area (Å²) < 4.78 is 36.5.